The van der Waals surface area contributed by atoms with Gasteiger partial charge in [-0.2, -0.15) is 5.10 Å². The van der Waals surface area contributed by atoms with E-state index in [0.717, 1.165) is 33.5 Å². The van der Waals surface area contributed by atoms with Crippen LogP contribution in [0.1, 0.15) is 30.3 Å². The lowest BCUT2D eigenvalue weighted by Crippen LogP contribution is -2.35. The SMILES string of the molecule is CCN(CC(=O)O)C(=O)CCc1c(C)nc2c3ccccc3nn2c1C. The maximum atomic E-state index is 12.3. The number of carboxylic acids is 1. The monoisotopic (exact) mass is 354 g/mol. The van der Waals surface area contributed by atoms with Gasteiger partial charge in [-0.25, -0.2) is 9.50 Å². The van der Waals surface area contributed by atoms with Crippen LogP contribution < -0.4 is 0 Å². The summed E-state index contributed by atoms with van der Waals surface area (Å²) in [7, 11) is 0. The molecular formula is C19H22N4O3. The Morgan fingerprint density at radius 3 is 2.65 bits per heavy atom. The van der Waals surface area contributed by atoms with E-state index in [0.29, 0.717) is 13.0 Å². The number of carboxylic acid groups (broad SMARTS) is 1. The molecule has 3 aromatic rings. The van der Waals surface area contributed by atoms with Crippen LogP contribution in [0.3, 0.4) is 0 Å². The molecule has 0 unspecified atom stereocenters. The topological polar surface area (TPSA) is 87.8 Å². The number of hydrogen-bond donors (Lipinski definition) is 1. The largest absolute Gasteiger partial charge is 0.480 e. The average molecular weight is 354 g/mol. The molecule has 0 fully saturated rings. The number of carbonyl (C=O) groups excluding carboxylic acids is 1. The second-order valence-electron chi connectivity index (χ2n) is 6.32. The van der Waals surface area contributed by atoms with Gasteiger partial charge in [-0.1, -0.05) is 12.1 Å². The Morgan fingerprint density at radius 1 is 1.23 bits per heavy atom. The van der Waals surface area contributed by atoms with Crippen molar-refractivity contribution in [3.05, 3.63) is 41.2 Å². The van der Waals surface area contributed by atoms with Crippen LogP contribution in [0.25, 0.3) is 16.6 Å². The van der Waals surface area contributed by atoms with Crippen LogP contribution in [-0.2, 0) is 16.0 Å². The van der Waals surface area contributed by atoms with Crippen LogP contribution in [0.5, 0.6) is 0 Å². The first kappa shape index (κ1) is 17.8. The van der Waals surface area contributed by atoms with Crippen molar-refractivity contribution in [2.24, 2.45) is 0 Å². The molecule has 0 bridgehead atoms. The maximum Gasteiger partial charge on any atom is 0.323 e. The fourth-order valence-electron chi connectivity index (χ4n) is 3.27. The van der Waals surface area contributed by atoms with E-state index in [4.69, 9.17) is 10.1 Å². The molecular weight excluding hydrogens is 332 g/mol. The van der Waals surface area contributed by atoms with Crippen molar-refractivity contribution in [3.63, 3.8) is 0 Å². The molecule has 3 rings (SSSR count). The van der Waals surface area contributed by atoms with Crippen LogP contribution in [0.4, 0.5) is 0 Å². The molecule has 0 saturated heterocycles. The van der Waals surface area contributed by atoms with Gasteiger partial charge >= 0.3 is 5.97 Å². The zero-order chi connectivity index (χ0) is 18.8. The summed E-state index contributed by atoms with van der Waals surface area (Å²) in [6.07, 6.45) is 0.753. The predicted octanol–water partition coefficient (Wildman–Crippen LogP) is 2.37. The third-order valence-corrected chi connectivity index (χ3v) is 4.67. The van der Waals surface area contributed by atoms with Crippen LogP contribution in [0, 0.1) is 13.8 Å². The predicted molar refractivity (Wildman–Crippen MR) is 98.2 cm³/mol. The molecule has 0 atom stereocenters. The van der Waals surface area contributed by atoms with E-state index in [1.165, 1.54) is 4.90 Å². The number of nitrogens with zero attached hydrogens (tertiary/aromatic N) is 4. The van der Waals surface area contributed by atoms with Crippen molar-refractivity contribution in [1.82, 2.24) is 19.5 Å². The average Bonchev–Trinajstić information content (AvgIpc) is 2.98. The van der Waals surface area contributed by atoms with E-state index in [1.807, 2.05) is 42.6 Å². The van der Waals surface area contributed by atoms with Gasteiger partial charge in [0.15, 0.2) is 5.65 Å². The number of carbonyl (C=O) groups is 2. The zero-order valence-corrected chi connectivity index (χ0v) is 15.2. The van der Waals surface area contributed by atoms with Crippen molar-refractivity contribution in [3.8, 4) is 0 Å². The smallest absolute Gasteiger partial charge is 0.323 e. The van der Waals surface area contributed by atoms with Crippen molar-refractivity contribution >= 4 is 28.4 Å². The summed E-state index contributed by atoms with van der Waals surface area (Å²) in [4.78, 5) is 29.2. The second kappa shape index (κ2) is 7.11. The number of benzene rings is 1. The number of hydrogen-bond acceptors (Lipinski definition) is 4. The molecule has 7 nitrogen and oxygen atoms in total. The highest BCUT2D eigenvalue weighted by molar-refractivity contribution is 5.92. The van der Waals surface area contributed by atoms with E-state index < -0.39 is 5.97 Å². The number of aryl methyl sites for hydroxylation is 2. The molecule has 0 saturated carbocycles. The summed E-state index contributed by atoms with van der Waals surface area (Å²) in [6, 6.07) is 7.85. The molecule has 7 heteroatoms. The summed E-state index contributed by atoms with van der Waals surface area (Å²) in [6.45, 7) is 5.80. The minimum atomic E-state index is -1.00. The van der Waals surface area contributed by atoms with Gasteiger partial charge in [0.2, 0.25) is 5.91 Å². The number of aliphatic carboxylic acids is 1. The molecule has 26 heavy (non-hydrogen) atoms. The Bertz CT molecular complexity index is 993. The molecule has 0 aliphatic heterocycles. The standard InChI is InChI=1S/C19H22N4O3/c1-4-22(11-18(25)26)17(24)10-9-14-12(2)20-19-15-7-5-6-8-16(15)21-23(19)13(14)3/h5-8H,4,9-11H2,1-3H3,(H,25,26). The number of likely N-dealkylation sites (N-methyl/N-ethyl adjacent to an activating group) is 1. The highest BCUT2D eigenvalue weighted by atomic mass is 16.4. The van der Waals surface area contributed by atoms with E-state index in [9.17, 15) is 9.59 Å². The van der Waals surface area contributed by atoms with Crippen LogP contribution >= 0.6 is 0 Å². The second-order valence-corrected chi connectivity index (χ2v) is 6.32. The number of rotatable bonds is 6. The van der Waals surface area contributed by atoms with E-state index in [1.54, 1.807) is 6.92 Å². The number of fused-ring (bicyclic) bond motifs is 3. The first-order valence-electron chi connectivity index (χ1n) is 8.65. The fraction of sp³-hybridized carbons (Fsp3) is 0.368. The third-order valence-electron chi connectivity index (χ3n) is 4.67. The first-order chi connectivity index (χ1) is 12.4. The van der Waals surface area contributed by atoms with Crippen molar-refractivity contribution in [1.29, 1.82) is 0 Å². The van der Waals surface area contributed by atoms with E-state index in [2.05, 4.69) is 5.10 Å². The molecule has 0 aliphatic carbocycles. The lowest BCUT2D eigenvalue weighted by molar-refractivity contribution is -0.144. The molecule has 1 amide bonds. The summed E-state index contributed by atoms with van der Waals surface area (Å²) in [5.41, 5.74) is 4.50. The van der Waals surface area contributed by atoms with Gasteiger partial charge in [0.25, 0.3) is 0 Å². The third kappa shape index (κ3) is 3.24. The fourth-order valence-corrected chi connectivity index (χ4v) is 3.27. The lowest BCUT2D eigenvalue weighted by atomic mass is 10.1. The minimum Gasteiger partial charge on any atom is -0.480 e. The van der Waals surface area contributed by atoms with E-state index in [-0.39, 0.29) is 18.9 Å². The van der Waals surface area contributed by atoms with Gasteiger partial charge in [0, 0.05) is 29.7 Å². The summed E-state index contributed by atoms with van der Waals surface area (Å²) in [5.74, 6) is -1.17. The number of amides is 1. The highest BCUT2D eigenvalue weighted by Gasteiger charge is 2.18. The van der Waals surface area contributed by atoms with E-state index >= 15 is 0 Å². The van der Waals surface area contributed by atoms with Gasteiger partial charge in [-0.05, 0) is 44.9 Å². The minimum absolute atomic E-state index is 0.167. The Morgan fingerprint density at radius 2 is 1.96 bits per heavy atom. The van der Waals surface area contributed by atoms with Gasteiger partial charge in [-0.3, -0.25) is 9.59 Å². The molecule has 0 spiro atoms. The Balaban J connectivity index is 1.89. The van der Waals surface area contributed by atoms with Crippen molar-refractivity contribution in [2.75, 3.05) is 13.1 Å². The van der Waals surface area contributed by atoms with Crippen LogP contribution in [0.15, 0.2) is 24.3 Å². The quantitative estimate of drug-likeness (QED) is 0.734. The van der Waals surface area contributed by atoms with Crippen molar-refractivity contribution < 1.29 is 14.7 Å². The molecule has 2 heterocycles. The van der Waals surface area contributed by atoms with Gasteiger partial charge in [0.1, 0.15) is 6.54 Å². The molecule has 1 aromatic carbocycles. The maximum absolute atomic E-state index is 12.3. The summed E-state index contributed by atoms with van der Waals surface area (Å²) < 4.78 is 1.83. The Hall–Kier alpha value is -2.96. The molecule has 0 radical (unpaired) electrons. The molecule has 0 aliphatic rings. The number of aromatic nitrogens is 3. The van der Waals surface area contributed by atoms with Gasteiger partial charge in [0.05, 0.1) is 5.52 Å². The normalized spacial score (nSPS) is 11.2. The molecule has 136 valence electrons. The summed E-state index contributed by atoms with van der Waals surface area (Å²) >= 11 is 0. The zero-order valence-electron chi connectivity index (χ0n) is 15.2. The van der Waals surface area contributed by atoms with Crippen LogP contribution in [0.2, 0.25) is 0 Å². The highest BCUT2D eigenvalue weighted by Crippen LogP contribution is 2.23. The molecule has 1 N–H and O–H groups in total. The van der Waals surface area contributed by atoms with Gasteiger partial charge in [-0.15, -0.1) is 0 Å². The Labute approximate surface area is 151 Å². The first-order valence-corrected chi connectivity index (χ1v) is 8.65. The molecule has 2 aromatic heterocycles. The Kier molecular flexibility index (Phi) is 4.88. The van der Waals surface area contributed by atoms with Crippen LogP contribution in [-0.4, -0.2) is 49.6 Å². The van der Waals surface area contributed by atoms with Crippen molar-refractivity contribution in [2.45, 2.75) is 33.6 Å². The summed E-state index contributed by atoms with van der Waals surface area (Å²) in [5, 5.41) is 14.5. The lowest BCUT2D eigenvalue weighted by Gasteiger charge is -2.19. The van der Waals surface area contributed by atoms with Gasteiger partial charge < -0.3 is 10.0 Å².